The third kappa shape index (κ3) is 4.86. The molecule has 15 heavy (non-hydrogen) atoms. The van der Waals surface area contributed by atoms with Crippen LogP contribution >= 0.6 is 23.2 Å². The molecule has 0 aliphatic carbocycles. The second-order valence-corrected chi connectivity index (χ2v) is 3.79. The van der Waals surface area contributed by atoms with E-state index in [2.05, 4.69) is 0 Å². The molecule has 1 rings (SSSR count). The van der Waals surface area contributed by atoms with Gasteiger partial charge < -0.3 is 4.74 Å². The first-order valence-corrected chi connectivity index (χ1v) is 5.19. The van der Waals surface area contributed by atoms with Gasteiger partial charge in [0.05, 0.1) is 12.2 Å². The van der Waals surface area contributed by atoms with Crippen LogP contribution in [-0.4, -0.2) is 12.6 Å². The Bertz CT molecular complexity index is 343. The lowest BCUT2D eigenvalue weighted by atomic mass is 10.2. The molecule has 1 aromatic rings. The predicted octanol–water partition coefficient (Wildman–Crippen LogP) is 3.55. The minimum absolute atomic E-state index is 0.186. The summed E-state index contributed by atoms with van der Waals surface area (Å²) in [5.74, 6) is -0.338. The second kappa shape index (κ2) is 6.49. The van der Waals surface area contributed by atoms with Gasteiger partial charge in [0.15, 0.2) is 0 Å². The van der Waals surface area contributed by atoms with Gasteiger partial charge in [0.25, 0.3) is 0 Å². The van der Waals surface area contributed by atoms with Crippen LogP contribution in [0.2, 0.25) is 0 Å². The molecule has 0 heterocycles. The molecule has 4 heteroatoms. The van der Waals surface area contributed by atoms with Gasteiger partial charge in [-0.3, -0.25) is 0 Å². The molecule has 0 aromatic heterocycles. The Labute approximate surface area is 98.4 Å². The number of esters is 1. The van der Waals surface area contributed by atoms with E-state index in [-0.39, 0.29) is 17.1 Å². The molecule has 0 aliphatic rings. The molecule has 0 aliphatic heterocycles. The first-order chi connectivity index (χ1) is 7.20. The Morgan fingerprint density at radius 2 is 1.93 bits per heavy atom. The van der Waals surface area contributed by atoms with Gasteiger partial charge >= 0.3 is 5.97 Å². The van der Waals surface area contributed by atoms with Gasteiger partial charge in [-0.05, 0) is 12.1 Å². The fraction of sp³-hybridized carbons (Fsp3) is 0.182. The van der Waals surface area contributed by atoms with Crippen LogP contribution in [0, 0.1) is 0 Å². The summed E-state index contributed by atoms with van der Waals surface area (Å²) in [6.07, 6.45) is 2.10. The van der Waals surface area contributed by atoms with Gasteiger partial charge in [-0.2, -0.15) is 0 Å². The maximum absolute atomic E-state index is 11.4. The van der Waals surface area contributed by atoms with Crippen LogP contribution in [0.1, 0.15) is 16.8 Å². The normalized spacial score (nSPS) is 9.47. The molecule has 0 unspecified atom stereocenters. The minimum atomic E-state index is -0.338. The fourth-order valence-corrected chi connectivity index (χ4v) is 1.20. The zero-order valence-electron chi connectivity index (χ0n) is 7.95. The van der Waals surface area contributed by atoms with E-state index < -0.39 is 0 Å². The van der Waals surface area contributed by atoms with Crippen LogP contribution in [0.3, 0.4) is 0 Å². The van der Waals surface area contributed by atoms with Crippen molar-refractivity contribution in [3.05, 3.63) is 46.5 Å². The molecule has 0 fully saturated rings. The highest BCUT2D eigenvalue weighted by atomic mass is 35.5. The van der Waals surface area contributed by atoms with Gasteiger partial charge in [-0.15, -0.1) is 0 Å². The largest absolute Gasteiger partial charge is 0.462 e. The Balaban J connectivity index is 2.35. The predicted molar refractivity (Wildman–Crippen MR) is 61.1 cm³/mol. The zero-order chi connectivity index (χ0) is 11.1. The number of carbonyl (C=O) groups is 1. The molecule has 0 saturated carbocycles. The van der Waals surface area contributed by atoms with E-state index in [1.807, 2.05) is 6.07 Å². The number of hydrogen-bond acceptors (Lipinski definition) is 2. The van der Waals surface area contributed by atoms with Crippen LogP contribution in [-0.2, 0) is 4.74 Å². The van der Waals surface area contributed by atoms with Crippen LogP contribution in [0.25, 0.3) is 0 Å². The van der Waals surface area contributed by atoms with Crippen molar-refractivity contribution in [2.45, 2.75) is 6.42 Å². The molecule has 0 spiro atoms. The standard InChI is InChI=1S/C11H10Cl2O2/c12-10(13)7-4-8-15-11(14)9-5-2-1-3-6-9/h1-3,5-7H,4,8H2. The minimum Gasteiger partial charge on any atom is -0.462 e. The third-order valence-electron chi connectivity index (χ3n) is 1.66. The van der Waals surface area contributed by atoms with E-state index in [4.69, 9.17) is 27.9 Å². The molecule has 0 N–H and O–H groups in total. The average Bonchev–Trinajstić information content (AvgIpc) is 2.25. The summed E-state index contributed by atoms with van der Waals surface area (Å²) in [7, 11) is 0. The highest BCUT2D eigenvalue weighted by Gasteiger charge is 2.04. The molecular formula is C11H10Cl2O2. The Kier molecular flexibility index (Phi) is 5.22. The van der Waals surface area contributed by atoms with E-state index in [1.54, 1.807) is 30.3 Å². The van der Waals surface area contributed by atoms with E-state index in [9.17, 15) is 4.79 Å². The SMILES string of the molecule is O=C(OCCC=C(Cl)Cl)c1ccccc1. The van der Waals surface area contributed by atoms with Crippen molar-refractivity contribution in [2.75, 3.05) is 6.61 Å². The second-order valence-electron chi connectivity index (χ2n) is 2.78. The number of ether oxygens (including phenoxy) is 1. The van der Waals surface area contributed by atoms with E-state index in [1.165, 1.54) is 0 Å². The first-order valence-electron chi connectivity index (χ1n) is 4.43. The molecule has 1 aromatic carbocycles. The number of halogens is 2. The summed E-state index contributed by atoms with van der Waals surface area (Å²) in [6, 6.07) is 8.81. The lowest BCUT2D eigenvalue weighted by molar-refractivity contribution is 0.0511. The molecular weight excluding hydrogens is 235 g/mol. The number of hydrogen-bond donors (Lipinski definition) is 0. The summed E-state index contributed by atoms with van der Waals surface area (Å²) in [4.78, 5) is 11.4. The summed E-state index contributed by atoms with van der Waals surface area (Å²) in [6.45, 7) is 0.274. The van der Waals surface area contributed by atoms with Crippen molar-refractivity contribution in [3.63, 3.8) is 0 Å². The van der Waals surface area contributed by atoms with Crippen molar-refractivity contribution < 1.29 is 9.53 Å². The molecule has 0 atom stereocenters. The lowest BCUT2D eigenvalue weighted by Gasteiger charge is -2.02. The number of benzene rings is 1. The Morgan fingerprint density at radius 3 is 2.53 bits per heavy atom. The first kappa shape index (κ1) is 12.1. The monoisotopic (exact) mass is 244 g/mol. The van der Waals surface area contributed by atoms with Crippen molar-refractivity contribution in [1.29, 1.82) is 0 Å². The zero-order valence-corrected chi connectivity index (χ0v) is 9.46. The Morgan fingerprint density at radius 1 is 1.27 bits per heavy atom. The quantitative estimate of drug-likeness (QED) is 0.598. The third-order valence-corrected chi connectivity index (χ3v) is 1.97. The topological polar surface area (TPSA) is 26.3 Å². The van der Waals surface area contributed by atoms with Gasteiger partial charge in [0, 0.05) is 6.42 Å². The van der Waals surface area contributed by atoms with Crippen molar-refractivity contribution in [3.8, 4) is 0 Å². The van der Waals surface area contributed by atoms with Gasteiger partial charge in [-0.1, -0.05) is 47.5 Å². The molecule has 0 radical (unpaired) electrons. The molecule has 0 saturated heterocycles. The van der Waals surface area contributed by atoms with E-state index in [0.717, 1.165) is 0 Å². The van der Waals surface area contributed by atoms with Crippen molar-refractivity contribution >= 4 is 29.2 Å². The fourth-order valence-electron chi connectivity index (χ4n) is 0.977. The summed E-state index contributed by atoms with van der Waals surface area (Å²) in [5, 5.41) is 0. The summed E-state index contributed by atoms with van der Waals surface area (Å²) < 4.78 is 5.16. The van der Waals surface area contributed by atoms with E-state index >= 15 is 0 Å². The van der Waals surface area contributed by atoms with E-state index in [0.29, 0.717) is 12.0 Å². The molecule has 0 bridgehead atoms. The van der Waals surface area contributed by atoms with Crippen LogP contribution in [0.5, 0.6) is 0 Å². The van der Waals surface area contributed by atoms with Gasteiger partial charge in [0.1, 0.15) is 4.49 Å². The maximum Gasteiger partial charge on any atom is 0.338 e. The molecule has 2 nitrogen and oxygen atoms in total. The van der Waals surface area contributed by atoms with Crippen LogP contribution in [0.4, 0.5) is 0 Å². The van der Waals surface area contributed by atoms with Crippen molar-refractivity contribution in [2.24, 2.45) is 0 Å². The molecule has 80 valence electrons. The number of carbonyl (C=O) groups excluding carboxylic acids is 1. The number of rotatable bonds is 4. The molecule has 0 amide bonds. The smallest absolute Gasteiger partial charge is 0.338 e. The van der Waals surface area contributed by atoms with Gasteiger partial charge in [-0.25, -0.2) is 4.79 Å². The maximum atomic E-state index is 11.4. The Hall–Kier alpha value is -0.990. The van der Waals surface area contributed by atoms with Crippen LogP contribution < -0.4 is 0 Å². The van der Waals surface area contributed by atoms with Crippen molar-refractivity contribution in [1.82, 2.24) is 0 Å². The lowest BCUT2D eigenvalue weighted by Crippen LogP contribution is -2.05. The highest BCUT2D eigenvalue weighted by molar-refractivity contribution is 6.55. The highest BCUT2D eigenvalue weighted by Crippen LogP contribution is 2.07. The summed E-state index contributed by atoms with van der Waals surface area (Å²) in [5.41, 5.74) is 0.540. The average molecular weight is 245 g/mol. The van der Waals surface area contributed by atoms with Crippen LogP contribution in [0.15, 0.2) is 40.9 Å². The summed E-state index contributed by atoms with van der Waals surface area (Å²) >= 11 is 10.8. The van der Waals surface area contributed by atoms with Gasteiger partial charge in [0.2, 0.25) is 0 Å².